The van der Waals surface area contributed by atoms with E-state index in [0.29, 0.717) is 0 Å². The van der Waals surface area contributed by atoms with Gasteiger partial charge in [-0.3, -0.25) is 5.73 Å². The fraction of sp³-hybridized carbons (Fsp3) is 0.500. The maximum atomic E-state index is 6.46. The lowest BCUT2D eigenvalue weighted by Crippen LogP contribution is -2.57. The van der Waals surface area contributed by atoms with Gasteiger partial charge in [0.05, 0.1) is 17.7 Å². The van der Waals surface area contributed by atoms with E-state index in [9.17, 15) is 0 Å². The van der Waals surface area contributed by atoms with Crippen LogP contribution in [0.5, 0.6) is 0 Å². The molecule has 1 fully saturated rings. The summed E-state index contributed by atoms with van der Waals surface area (Å²) in [4.78, 5) is 4.77. The summed E-state index contributed by atoms with van der Waals surface area (Å²) in [6.45, 7) is 10.5. The normalized spacial score (nSPS) is 27.7. The van der Waals surface area contributed by atoms with Crippen molar-refractivity contribution in [1.82, 2.24) is 31.1 Å². The topological polar surface area (TPSA) is 89.8 Å². The number of allylic oxidation sites excluding steroid dienone is 6. The van der Waals surface area contributed by atoms with Gasteiger partial charge >= 0.3 is 0 Å². The third-order valence-corrected chi connectivity index (χ3v) is 6.32. The Labute approximate surface area is 191 Å². The highest BCUT2D eigenvalue weighted by Gasteiger charge is 2.29. The van der Waals surface area contributed by atoms with Crippen molar-refractivity contribution in [1.29, 1.82) is 0 Å². The maximum absolute atomic E-state index is 6.46. The highest BCUT2D eigenvalue weighted by Crippen LogP contribution is 2.24. The molecule has 0 bridgehead atoms. The van der Waals surface area contributed by atoms with Gasteiger partial charge in [0.2, 0.25) is 0 Å². The zero-order valence-corrected chi connectivity index (χ0v) is 19.2. The van der Waals surface area contributed by atoms with E-state index in [1.807, 2.05) is 18.4 Å². The predicted molar refractivity (Wildman–Crippen MR) is 128 cm³/mol. The smallest absolute Gasteiger partial charge is 0.164 e. The van der Waals surface area contributed by atoms with Gasteiger partial charge in [0, 0.05) is 44.0 Å². The van der Waals surface area contributed by atoms with Crippen LogP contribution < -0.4 is 27.0 Å². The molecule has 0 aromatic carbocycles. The molecule has 8 nitrogen and oxygen atoms in total. The minimum absolute atomic E-state index is 0.00530. The average Bonchev–Trinajstić information content (AvgIpc) is 3.22. The first kappa shape index (κ1) is 22.5. The van der Waals surface area contributed by atoms with E-state index in [4.69, 9.17) is 10.5 Å². The lowest BCUT2D eigenvalue weighted by Gasteiger charge is -2.39. The van der Waals surface area contributed by atoms with Crippen molar-refractivity contribution in [2.45, 2.75) is 38.3 Å². The fourth-order valence-electron chi connectivity index (χ4n) is 4.28. The molecule has 3 heterocycles. The average molecular weight is 440 g/mol. The van der Waals surface area contributed by atoms with Crippen molar-refractivity contribution < 1.29 is 4.74 Å². The molecule has 174 valence electrons. The second-order valence-electron chi connectivity index (χ2n) is 8.81. The Bertz CT molecular complexity index is 835. The third-order valence-electron chi connectivity index (χ3n) is 6.32. The highest BCUT2D eigenvalue weighted by atomic mass is 16.5. The predicted octanol–water partition coefficient (Wildman–Crippen LogP) is 1.20. The number of ether oxygens (including phenoxy) is 1. The molecule has 6 N–H and O–H groups in total. The van der Waals surface area contributed by atoms with Gasteiger partial charge in [-0.05, 0) is 44.8 Å². The number of likely N-dealkylation sites (N-methyl/N-ethyl adjacent to an activating group) is 1. The minimum Gasteiger partial charge on any atom is -0.479 e. The van der Waals surface area contributed by atoms with Crippen LogP contribution in [0.2, 0.25) is 0 Å². The van der Waals surface area contributed by atoms with Gasteiger partial charge < -0.3 is 30.5 Å². The van der Waals surface area contributed by atoms with Crippen LogP contribution in [-0.4, -0.2) is 61.6 Å². The monoisotopic (exact) mass is 439 g/mol. The first-order valence-corrected chi connectivity index (χ1v) is 11.5. The summed E-state index contributed by atoms with van der Waals surface area (Å²) in [5.41, 5.74) is 8.40. The summed E-state index contributed by atoms with van der Waals surface area (Å²) in [6, 6.07) is 0.135. The highest BCUT2D eigenvalue weighted by molar-refractivity contribution is 5.26. The van der Waals surface area contributed by atoms with E-state index in [-0.39, 0.29) is 18.2 Å². The Balaban J connectivity index is 1.38. The molecule has 0 amide bonds. The molecule has 1 saturated heterocycles. The van der Waals surface area contributed by atoms with Gasteiger partial charge in [-0.2, -0.15) is 0 Å². The number of hydrogen-bond donors (Lipinski definition) is 5. The molecule has 0 radical (unpaired) electrons. The van der Waals surface area contributed by atoms with E-state index in [2.05, 4.69) is 75.9 Å². The van der Waals surface area contributed by atoms with E-state index in [0.717, 1.165) is 56.2 Å². The van der Waals surface area contributed by atoms with Crippen LogP contribution >= 0.6 is 0 Å². The molecule has 0 aromatic rings. The van der Waals surface area contributed by atoms with Crippen LogP contribution in [0.3, 0.4) is 0 Å². The van der Waals surface area contributed by atoms with Crippen LogP contribution in [0, 0.1) is 5.92 Å². The molecular formula is C24H37N7O. The Kier molecular flexibility index (Phi) is 7.24. The van der Waals surface area contributed by atoms with E-state index in [1.165, 1.54) is 5.82 Å². The lowest BCUT2D eigenvalue weighted by atomic mass is 10.1. The summed E-state index contributed by atoms with van der Waals surface area (Å²) < 4.78 is 6.31. The van der Waals surface area contributed by atoms with Crippen molar-refractivity contribution in [3.8, 4) is 0 Å². The van der Waals surface area contributed by atoms with Crippen molar-refractivity contribution >= 4 is 0 Å². The first-order valence-electron chi connectivity index (χ1n) is 11.5. The molecule has 4 rings (SSSR count). The van der Waals surface area contributed by atoms with Crippen molar-refractivity contribution in [3.63, 3.8) is 0 Å². The van der Waals surface area contributed by atoms with Crippen LogP contribution in [-0.2, 0) is 4.74 Å². The number of nitrogens with one attached hydrogen (secondary N) is 4. The Morgan fingerprint density at radius 2 is 2.03 bits per heavy atom. The molecule has 8 heteroatoms. The van der Waals surface area contributed by atoms with Gasteiger partial charge in [-0.25, -0.2) is 5.32 Å². The number of rotatable bonds is 8. The Hall–Kier alpha value is -2.68. The van der Waals surface area contributed by atoms with Gasteiger partial charge in [-0.1, -0.05) is 24.8 Å². The molecule has 3 unspecified atom stereocenters. The number of dihydropyridines is 1. The first-order chi connectivity index (χ1) is 15.5. The van der Waals surface area contributed by atoms with E-state index >= 15 is 0 Å². The molecule has 4 aliphatic rings. The van der Waals surface area contributed by atoms with Gasteiger partial charge in [0.1, 0.15) is 12.1 Å². The number of nitrogens with two attached hydrogens (primary N) is 1. The quantitative estimate of drug-likeness (QED) is 0.361. The minimum atomic E-state index is -0.476. The largest absolute Gasteiger partial charge is 0.479 e. The van der Waals surface area contributed by atoms with Crippen LogP contribution in [0.15, 0.2) is 72.2 Å². The molecule has 4 atom stereocenters. The summed E-state index contributed by atoms with van der Waals surface area (Å²) in [7, 11) is 2.17. The summed E-state index contributed by atoms with van der Waals surface area (Å²) in [5.74, 6) is 2.13. The zero-order chi connectivity index (χ0) is 22.5. The molecule has 1 aliphatic carbocycles. The fourth-order valence-corrected chi connectivity index (χ4v) is 4.28. The van der Waals surface area contributed by atoms with Gasteiger partial charge in [0.15, 0.2) is 6.23 Å². The van der Waals surface area contributed by atoms with Crippen LogP contribution in [0.4, 0.5) is 0 Å². The van der Waals surface area contributed by atoms with E-state index < -0.39 is 6.29 Å². The van der Waals surface area contributed by atoms with Crippen molar-refractivity contribution in [2.24, 2.45) is 11.7 Å². The zero-order valence-electron chi connectivity index (χ0n) is 19.2. The van der Waals surface area contributed by atoms with Crippen molar-refractivity contribution in [2.75, 3.05) is 33.2 Å². The van der Waals surface area contributed by atoms with Gasteiger partial charge in [-0.15, -0.1) is 0 Å². The number of nitrogens with zero attached hydrogens (tertiary/aromatic N) is 2. The molecule has 0 aromatic heterocycles. The van der Waals surface area contributed by atoms with E-state index in [1.54, 1.807) is 0 Å². The molecule has 0 spiro atoms. The summed E-state index contributed by atoms with van der Waals surface area (Å²) >= 11 is 0. The molecule has 32 heavy (non-hydrogen) atoms. The summed E-state index contributed by atoms with van der Waals surface area (Å²) in [6.07, 6.45) is 15.5. The molecule has 0 saturated carbocycles. The molecular weight excluding hydrogens is 402 g/mol. The second kappa shape index (κ2) is 10.3. The summed E-state index contributed by atoms with van der Waals surface area (Å²) in [5, 5.41) is 13.6. The van der Waals surface area contributed by atoms with Crippen molar-refractivity contribution in [3.05, 3.63) is 72.2 Å². The Morgan fingerprint density at radius 1 is 1.22 bits per heavy atom. The standard InChI is InChI=1S/C24H37N7O/c1-17-20(11-12-26-17)23(32-19-7-5-4-6-8-19)29-24(25)28-21-9-10-22(27-18(21)2)31-15-13-30(3)14-16-31/h4-5,7,9-12,18,20,23-24,26-29H,1,6,8,13-16,25H2,2-3H3/t18-,20?,23?,24?/m1/s1. The van der Waals surface area contributed by atoms with Crippen LogP contribution in [0.1, 0.15) is 19.8 Å². The third kappa shape index (κ3) is 5.56. The second-order valence-corrected chi connectivity index (χ2v) is 8.81. The Morgan fingerprint density at radius 3 is 2.69 bits per heavy atom. The van der Waals surface area contributed by atoms with Gasteiger partial charge in [0.25, 0.3) is 0 Å². The van der Waals surface area contributed by atoms with Crippen LogP contribution in [0.25, 0.3) is 0 Å². The number of piperazine rings is 1. The number of hydrogen-bond acceptors (Lipinski definition) is 8. The molecule has 3 aliphatic heterocycles. The lowest BCUT2D eigenvalue weighted by molar-refractivity contribution is 0.0452. The maximum Gasteiger partial charge on any atom is 0.164 e. The SMILES string of the molecule is C=C1NC=CC1C(NC(N)NC1=CC=C(N2CCN(C)CC2)N[C@@H]1C)OC1=CC=CCC1.